The van der Waals surface area contributed by atoms with Crippen molar-refractivity contribution in [1.29, 1.82) is 0 Å². The first-order valence-corrected chi connectivity index (χ1v) is 4.05. The number of halogens is 1. The molecule has 0 aromatic heterocycles. The molecule has 1 N–H and O–H groups in total. The highest BCUT2D eigenvalue weighted by Gasteiger charge is 2.03. The van der Waals surface area contributed by atoms with E-state index in [-0.39, 0.29) is 5.82 Å². The first-order chi connectivity index (χ1) is 5.65. The lowest BCUT2D eigenvalue weighted by atomic mass is 10.0. The maximum absolute atomic E-state index is 12.8. The molecule has 1 rings (SSSR count). The van der Waals surface area contributed by atoms with Crippen LogP contribution in [0.25, 0.3) is 0 Å². The number of rotatable bonds is 2. The maximum Gasteiger partial charge on any atom is 0.123 e. The summed E-state index contributed by atoms with van der Waals surface area (Å²) in [7, 11) is 1.89. The van der Waals surface area contributed by atoms with E-state index in [2.05, 4.69) is 5.32 Å². The standard InChI is InChI=1S/C10H14FN/c1-7-4-9(11)5-8(2)10(7)6-12-3/h4-5,12H,6H2,1-3H3. The van der Waals surface area contributed by atoms with Crippen molar-refractivity contribution in [3.63, 3.8) is 0 Å². The molecular formula is C10H14FN. The second-order valence-corrected chi connectivity index (χ2v) is 3.05. The van der Waals surface area contributed by atoms with E-state index in [0.29, 0.717) is 0 Å². The van der Waals surface area contributed by atoms with Crippen molar-refractivity contribution in [3.05, 3.63) is 34.6 Å². The highest BCUT2D eigenvalue weighted by molar-refractivity contribution is 5.34. The van der Waals surface area contributed by atoms with Gasteiger partial charge in [-0.2, -0.15) is 0 Å². The third kappa shape index (κ3) is 1.83. The number of benzene rings is 1. The topological polar surface area (TPSA) is 12.0 Å². The van der Waals surface area contributed by atoms with Crippen molar-refractivity contribution < 1.29 is 4.39 Å². The number of hydrogen-bond donors (Lipinski definition) is 1. The van der Waals surface area contributed by atoms with Crippen LogP contribution >= 0.6 is 0 Å². The minimum Gasteiger partial charge on any atom is -0.316 e. The van der Waals surface area contributed by atoms with Gasteiger partial charge in [0.1, 0.15) is 5.82 Å². The molecule has 0 aliphatic heterocycles. The van der Waals surface area contributed by atoms with Crippen LogP contribution in [0, 0.1) is 19.7 Å². The lowest BCUT2D eigenvalue weighted by Crippen LogP contribution is -2.08. The Morgan fingerprint density at radius 2 is 1.75 bits per heavy atom. The lowest BCUT2D eigenvalue weighted by Gasteiger charge is -2.08. The average molecular weight is 167 g/mol. The first-order valence-electron chi connectivity index (χ1n) is 4.05. The molecule has 0 saturated heterocycles. The van der Waals surface area contributed by atoms with Gasteiger partial charge in [0.05, 0.1) is 0 Å². The van der Waals surface area contributed by atoms with E-state index in [0.717, 1.165) is 17.7 Å². The van der Waals surface area contributed by atoms with E-state index in [1.165, 1.54) is 5.56 Å². The van der Waals surface area contributed by atoms with E-state index in [4.69, 9.17) is 0 Å². The van der Waals surface area contributed by atoms with Gasteiger partial charge in [0.2, 0.25) is 0 Å². The van der Waals surface area contributed by atoms with Crippen molar-refractivity contribution in [3.8, 4) is 0 Å². The summed E-state index contributed by atoms with van der Waals surface area (Å²) in [4.78, 5) is 0. The highest BCUT2D eigenvalue weighted by Crippen LogP contribution is 2.15. The van der Waals surface area contributed by atoms with Crippen molar-refractivity contribution >= 4 is 0 Å². The molecule has 0 saturated carbocycles. The first kappa shape index (κ1) is 9.20. The minimum atomic E-state index is -0.148. The Balaban J connectivity index is 3.10. The Bertz CT molecular complexity index is 258. The zero-order valence-electron chi connectivity index (χ0n) is 7.74. The summed E-state index contributed by atoms with van der Waals surface area (Å²) in [6.07, 6.45) is 0. The van der Waals surface area contributed by atoms with Crippen LogP contribution in [0.4, 0.5) is 4.39 Å². The number of nitrogens with one attached hydrogen (secondary N) is 1. The fourth-order valence-electron chi connectivity index (χ4n) is 1.40. The summed E-state index contributed by atoms with van der Waals surface area (Å²) in [5.41, 5.74) is 3.22. The second-order valence-electron chi connectivity index (χ2n) is 3.05. The largest absolute Gasteiger partial charge is 0.316 e. The third-order valence-corrected chi connectivity index (χ3v) is 2.01. The molecule has 0 aliphatic rings. The summed E-state index contributed by atoms with van der Waals surface area (Å²) < 4.78 is 12.8. The summed E-state index contributed by atoms with van der Waals surface area (Å²) in [6, 6.07) is 3.14. The molecule has 2 heteroatoms. The van der Waals surface area contributed by atoms with Gasteiger partial charge in [-0.3, -0.25) is 0 Å². The molecule has 0 amide bonds. The molecule has 66 valence electrons. The molecular weight excluding hydrogens is 153 g/mol. The predicted molar refractivity (Wildman–Crippen MR) is 48.6 cm³/mol. The fourth-order valence-corrected chi connectivity index (χ4v) is 1.40. The van der Waals surface area contributed by atoms with Crippen LogP contribution < -0.4 is 5.32 Å². The number of hydrogen-bond acceptors (Lipinski definition) is 1. The predicted octanol–water partition coefficient (Wildman–Crippen LogP) is 2.16. The molecule has 0 bridgehead atoms. The zero-order chi connectivity index (χ0) is 9.14. The minimum absolute atomic E-state index is 0.148. The van der Waals surface area contributed by atoms with E-state index in [9.17, 15) is 4.39 Å². The Hall–Kier alpha value is -0.890. The quantitative estimate of drug-likeness (QED) is 0.711. The molecule has 0 heterocycles. The van der Waals surface area contributed by atoms with Crippen LogP contribution in [-0.2, 0) is 6.54 Å². The van der Waals surface area contributed by atoms with E-state index in [1.807, 2.05) is 20.9 Å². The maximum atomic E-state index is 12.8. The van der Waals surface area contributed by atoms with Crippen molar-refractivity contribution in [2.75, 3.05) is 7.05 Å². The van der Waals surface area contributed by atoms with Gasteiger partial charge >= 0.3 is 0 Å². The third-order valence-electron chi connectivity index (χ3n) is 2.01. The van der Waals surface area contributed by atoms with E-state index >= 15 is 0 Å². The number of aryl methyl sites for hydroxylation is 2. The fraction of sp³-hybridized carbons (Fsp3) is 0.400. The van der Waals surface area contributed by atoms with Gasteiger partial charge in [-0.1, -0.05) is 0 Å². The zero-order valence-corrected chi connectivity index (χ0v) is 7.74. The van der Waals surface area contributed by atoms with Gasteiger partial charge < -0.3 is 5.32 Å². The summed E-state index contributed by atoms with van der Waals surface area (Å²) in [5.74, 6) is -0.148. The Kier molecular flexibility index (Phi) is 2.82. The Morgan fingerprint density at radius 1 is 1.25 bits per heavy atom. The van der Waals surface area contributed by atoms with Crippen LogP contribution in [0.3, 0.4) is 0 Å². The van der Waals surface area contributed by atoms with Gasteiger partial charge in [0.15, 0.2) is 0 Å². The van der Waals surface area contributed by atoms with E-state index in [1.54, 1.807) is 12.1 Å². The van der Waals surface area contributed by atoms with Gasteiger partial charge in [-0.05, 0) is 49.7 Å². The Labute approximate surface area is 72.6 Å². The molecule has 1 aromatic rings. The van der Waals surface area contributed by atoms with Gasteiger partial charge in [-0.25, -0.2) is 4.39 Å². The molecule has 0 radical (unpaired) electrons. The monoisotopic (exact) mass is 167 g/mol. The van der Waals surface area contributed by atoms with Crippen LogP contribution in [0.15, 0.2) is 12.1 Å². The molecule has 0 unspecified atom stereocenters. The SMILES string of the molecule is CNCc1c(C)cc(F)cc1C. The summed E-state index contributed by atoms with van der Waals surface area (Å²) in [5, 5.41) is 3.06. The smallest absolute Gasteiger partial charge is 0.123 e. The van der Waals surface area contributed by atoms with Crippen LogP contribution in [-0.4, -0.2) is 7.05 Å². The highest BCUT2D eigenvalue weighted by atomic mass is 19.1. The molecule has 0 aliphatic carbocycles. The van der Waals surface area contributed by atoms with Crippen molar-refractivity contribution in [2.45, 2.75) is 20.4 Å². The summed E-state index contributed by atoms with van der Waals surface area (Å²) >= 11 is 0. The summed E-state index contributed by atoms with van der Waals surface area (Å²) in [6.45, 7) is 4.67. The molecule has 1 nitrogen and oxygen atoms in total. The van der Waals surface area contributed by atoms with Gasteiger partial charge in [0.25, 0.3) is 0 Å². The van der Waals surface area contributed by atoms with Crippen LogP contribution in [0.5, 0.6) is 0 Å². The van der Waals surface area contributed by atoms with Gasteiger partial charge in [0, 0.05) is 6.54 Å². The molecule has 0 spiro atoms. The van der Waals surface area contributed by atoms with Crippen LogP contribution in [0.2, 0.25) is 0 Å². The van der Waals surface area contributed by atoms with Crippen molar-refractivity contribution in [2.24, 2.45) is 0 Å². The van der Waals surface area contributed by atoms with Crippen LogP contribution in [0.1, 0.15) is 16.7 Å². The normalized spacial score (nSPS) is 10.3. The molecule has 1 aromatic carbocycles. The average Bonchev–Trinajstić information content (AvgIpc) is 1.96. The van der Waals surface area contributed by atoms with Gasteiger partial charge in [-0.15, -0.1) is 0 Å². The molecule has 0 fully saturated rings. The molecule has 12 heavy (non-hydrogen) atoms. The lowest BCUT2D eigenvalue weighted by molar-refractivity contribution is 0.623. The second kappa shape index (κ2) is 3.68. The Morgan fingerprint density at radius 3 is 2.17 bits per heavy atom. The van der Waals surface area contributed by atoms with E-state index < -0.39 is 0 Å². The van der Waals surface area contributed by atoms with Crippen molar-refractivity contribution in [1.82, 2.24) is 5.32 Å². The molecule has 0 atom stereocenters.